The van der Waals surface area contributed by atoms with E-state index < -0.39 is 45.9 Å². The van der Waals surface area contributed by atoms with Crippen LogP contribution >= 0.6 is 0 Å². The van der Waals surface area contributed by atoms with Crippen molar-refractivity contribution in [3.8, 4) is 17.4 Å². The number of nitriles is 1. The van der Waals surface area contributed by atoms with Crippen molar-refractivity contribution in [3.05, 3.63) is 59.2 Å². The molecule has 4 rings (SSSR count). The lowest BCUT2D eigenvalue weighted by Crippen LogP contribution is -2.56. The Kier molecular flexibility index (Phi) is 9.86. The summed E-state index contributed by atoms with van der Waals surface area (Å²) in [5, 5.41) is 41.3. The van der Waals surface area contributed by atoms with E-state index in [1.165, 1.54) is 12.6 Å². The molecule has 0 unspecified atom stereocenters. The van der Waals surface area contributed by atoms with Crippen LogP contribution in [0.1, 0.15) is 39.4 Å². The molecule has 1 aliphatic heterocycles. The van der Waals surface area contributed by atoms with Crippen LogP contribution in [0.2, 0.25) is 0 Å². The first-order valence-electron chi connectivity index (χ1n) is 13.7. The molecule has 4 atom stereocenters. The van der Waals surface area contributed by atoms with Crippen LogP contribution in [0.4, 0.5) is 5.69 Å². The number of allylic oxidation sites excluding steroid dienone is 2. The molecule has 2 aromatic carbocycles. The Bertz CT molecular complexity index is 1540. The first-order valence-corrected chi connectivity index (χ1v) is 15.2. The summed E-state index contributed by atoms with van der Waals surface area (Å²) in [6, 6.07) is 17.4. The van der Waals surface area contributed by atoms with Crippen LogP contribution in [-0.2, 0) is 14.8 Å². The number of sulfonamides is 1. The molecule has 11 heteroatoms. The van der Waals surface area contributed by atoms with E-state index in [-0.39, 0.29) is 17.9 Å². The van der Waals surface area contributed by atoms with E-state index in [1.54, 1.807) is 18.2 Å². The summed E-state index contributed by atoms with van der Waals surface area (Å²) in [6.07, 6.45) is -3.19. The molecule has 0 aliphatic carbocycles. The highest BCUT2D eigenvalue weighted by molar-refractivity contribution is 7.93. The van der Waals surface area contributed by atoms with Gasteiger partial charge in [-0.05, 0) is 60.9 Å². The summed E-state index contributed by atoms with van der Waals surface area (Å²) in [5.41, 5.74) is 2.11. The number of aliphatic hydroxyl groups is 3. The smallest absolute Gasteiger partial charge is 0.251 e. The van der Waals surface area contributed by atoms with Gasteiger partial charge >= 0.3 is 0 Å². The third-order valence-corrected chi connectivity index (χ3v) is 8.71. The van der Waals surface area contributed by atoms with Gasteiger partial charge in [-0.2, -0.15) is 5.26 Å². The Labute approximate surface area is 240 Å². The number of aliphatic hydroxyl groups excluding tert-OH is 3. The normalized spacial score (nSPS) is 21.9. The summed E-state index contributed by atoms with van der Waals surface area (Å²) >= 11 is 0. The van der Waals surface area contributed by atoms with Crippen LogP contribution < -0.4 is 9.62 Å². The van der Waals surface area contributed by atoms with Gasteiger partial charge in [-0.15, -0.1) is 0 Å². The topological polar surface area (TPSA) is 156 Å². The minimum atomic E-state index is -4.31. The molecule has 0 spiro atoms. The average molecular weight is 584 g/mol. The SMILES string of the molecule is CCCN(CCC)c1ccc2cc(-c3ccc(/C(C)=C(\C#N)S(=O)(=O)NC[C@H]4OC[C@H](O)[C@@H](O)[C@@H]4O)o3)ccc2c1. The molecule has 2 heterocycles. The molecule has 220 valence electrons. The standard InChI is InChI=1S/C30H37N3O7S/c1-4-12-33(13-5-2)23-9-8-20-14-22(7-6-21(20)15-23)26-11-10-25(40-26)19(3)28(16-31)41(37,38)32-17-27-30(36)29(35)24(34)18-39-27/h6-11,14-15,24,27,29-30,32,34-36H,4-5,12-13,17-18H2,1-3H3/b28-19+/t24-,27+,29+,30+/m0/s1. The third kappa shape index (κ3) is 6.81. The number of ether oxygens (including phenoxy) is 1. The van der Waals surface area contributed by atoms with Gasteiger partial charge in [0.2, 0.25) is 0 Å². The van der Waals surface area contributed by atoms with Crippen LogP contribution in [0.5, 0.6) is 0 Å². The Morgan fingerprint density at radius 3 is 2.39 bits per heavy atom. The molecule has 0 bridgehead atoms. The summed E-state index contributed by atoms with van der Waals surface area (Å²) < 4.78 is 39.4. The number of nitrogens with one attached hydrogen (secondary N) is 1. The van der Waals surface area contributed by atoms with Crippen molar-refractivity contribution in [2.45, 2.75) is 58.0 Å². The van der Waals surface area contributed by atoms with Crippen molar-refractivity contribution < 1.29 is 32.9 Å². The highest BCUT2D eigenvalue weighted by Crippen LogP contribution is 2.32. The molecule has 1 aliphatic rings. The van der Waals surface area contributed by atoms with Crippen molar-refractivity contribution in [2.75, 3.05) is 31.1 Å². The molecule has 3 aromatic rings. The number of anilines is 1. The second-order valence-electron chi connectivity index (χ2n) is 10.2. The minimum absolute atomic E-state index is 0.115. The largest absolute Gasteiger partial charge is 0.456 e. The van der Waals surface area contributed by atoms with Crippen LogP contribution in [0.25, 0.3) is 27.7 Å². The lowest BCUT2D eigenvalue weighted by molar-refractivity contribution is -0.184. The fourth-order valence-corrected chi connectivity index (χ4v) is 6.11. The van der Waals surface area contributed by atoms with E-state index in [1.807, 2.05) is 18.2 Å². The Morgan fingerprint density at radius 1 is 1.02 bits per heavy atom. The second-order valence-corrected chi connectivity index (χ2v) is 11.9. The molecule has 1 aromatic heterocycles. The van der Waals surface area contributed by atoms with Gasteiger partial charge in [-0.3, -0.25) is 0 Å². The van der Waals surface area contributed by atoms with E-state index in [0.717, 1.165) is 42.3 Å². The monoisotopic (exact) mass is 583 g/mol. The molecule has 0 saturated carbocycles. The van der Waals surface area contributed by atoms with Crippen molar-refractivity contribution in [3.63, 3.8) is 0 Å². The fourth-order valence-electron chi connectivity index (χ4n) is 4.96. The third-order valence-electron chi connectivity index (χ3n) is 7.23. The molecule has 0 radical (unpaired) electrons. The number of benzene rings is 2. The predicted octanol–water partition coefficient (Wildman–Crippen LogP) is 3.38. The van der Waals surface area contributed by atoms with E-state index in [0.29, 0.717) is 5.76 Å². The van der Waals surface area contributed by atoms with E-state index in [4.69, 9.17) is 9.15 Å². The number of hydrogen-bond acceptors (Lipinski definition) is 9. The lowest BCUT2D eigenvalue weighted by atomic mass is 10.0. The summed E-state index contributed by atoms with van der Waals surface area (Å²) in [4.78, 5) is 1.84. The van der Waals surface area contributed by atoms with Gasteiger partial charge in [-0.25, -0.2) is 13.1 Å². The molecule has 41 heavy (non-hydrogen) atoms. The van der Waals surface area contributed by atoms with Crippen LogP contribution in [0.15, 0.2) is 57.9 Å². The zero-order valence-corrected chi connectivity index (χ0v) is 24.3. The highest BCUT2D eigenvalue weighted by Gasteiger charge is 2.38. The number of hydrogen-bond donors (Lipinski definition) is 4. The Morgan fingerprint density at radius 2 is 1.71 bits per heavy atom. The minimum Gasteiger partial charge on any atom is -0.456 e. The van der Waals surface area contributed by atoms with E-state index >= 15 is 0 Å². The van der Waals surface area contributed by atoms with Gasteiger partial charge in [0.1, 0.15) is 35.9 Å². The van der Waals surface area contributed by atoms with E-state index in [9.17, 15) is 29.0 Å². The number of nitrogens with zero attached hydrogens (tertiary/aromatic N) is 2. The molecule has 0 amide bonds. The van der Waals surface area contributed by atoms with Gasteiger partial charge in [0.05, 0.1) is 12.7 Å². The Hall–Kier alpha value is -3.24. The van der Waals surface area contributed by atoms with Crippen molar-refractivity contribution >= 4 is 32.1 Å². The van der Waals surface area contributed by atoms with Gasteiger partial charge < -0.3 is 29.4 Å². The average Bonchev–Trinajstić information content (AvgIpc) is 3.46. The van der Waals surface area contributed by atoms with Crippen molar-refractivity contribution in [2.24, 2.45) is 0 Å². The summed E-state index contributed by atoms with van der Waals surface area (Å²) in [6.45, 7) is 7.16. The molecule has 1 saturated heterocycles. The molecule has 4 N–H and O–H groups in total. The maximum atomic E-state index is 13.0. The van der Waals surface area contributed by atoms with Gasteiger partial charge in [0, 0.05) is 36.5 Å². The number of fused-ring (bicyclic) bond motifs is 1. The van der Waals surface area contributed by atoms with Crippen molar-refractivity contribution in [1.29, 1.82) is 5.26 Å². The quantitative estimate of drug-likeness (QED) is 0.249. The highest BCUT2D eigenvalue weighted by atomic mass is 32.2. The van der Waals surface area contributed by atoms with Crippen molar-refractivity contribution in [1.82, 2.24) is 4.72 Å². The molecular formula is C30H37N3O7S. The first-order chi connectivity index (χ1) is 19.6. The second kappa shape index (κ2) is 13.2. The zero-order chi connectivity index (χ0) is 29.7. The Balaban J connectivity index is 1.54. The van der Waals surface area contributed by atoms with Crippen LogP contribution in [0, 0.1) is 11.3 Å². The molecule has 1 fully saturated rings. The van der Waals surface area contributed by atoms with Gasteiger partial charge in [0.25, 0.3) is 10.0 Å². The maximum Gasteiger partial charge on any atom is 0.251 e. The fraction of sp³-hybridized carbons (Fsp3) is 0.433. The van der Waals surface area contributed by atoms with Crippen LogP contribution in [0.3, 0.4) is 0 Å². The molecular weight excluding hydrogens is 546 g/mol. The number of furan rings is 1. The maximum absolute atomic E-state index is 13.0. The number of rotatable bonds is 11. The summed E-state index contributed by atoms with van der Waals surface area (Å²) in [5.74, 6) is 0.748. The van der Waals surface area contributed by atoms with Gasteiger partial charge in [-0.1, -0.05) is 32.0 Å². The predicted molar refractivity (Wildman–Crippen MR) is 157 cm³/mol. The lowest BCUT2D eigenvalue weighted by Gasteiger charge is -2.35. The van der Waals surface area contributed by atoms with E-state index in [2.05, 4.69) is 41.7 Å². The zero-order valence-electron chi connectivity index (χ0n) is 23.4. The summed E-state index contributed by atoms with van der Waals surface area (Å²) in [7, 11) is -4.31. The molecule has 10 nitrogen and oxygen atoms in total. The van der Waals surface area contributed by atoms with Crippen LogP contribution in [-0.4, -0.2) is 74.4 Å². The first kappa shape index (κ1) is 30.7. The van der Waals surface area contributed by atoms with Gasteiger partial charge in [0.15, 0.2) is 4.91 Å².